The van der Waals surface area contributed by atoms with Gasteiger partial charge in [-0.25, -0.2) is 8.78 Å². The molecule has 0 aliphatic carbocycles. The lowest BCUT2D eigenvalue weighted by Crippen LogP contribution is -1.96. The first-order chi connectivity index (χ1) is 9.10. The standard InChI is InChI=1S/C14H12ClF2NS/c15-12-5-9(7-18)1-2-10(12)8-19-14-6-11(16)3-4-13(14)17/h1-6H,7-8,18H2. The summed E-state index contributed by atoms with van der Waals surface area (Å²) < 4.78 is 26.5. The first-order valence-electron chi connectivity index (χ1n) is 5.65. The smallest absolute Gasteiger partial charge is 0.136 e. The molecule has 0 aromatic heterocycles. The van der Waals surface area contributed by atoms with E-state index in [4.69, 9.17) is 17.3 Å². The molecular formula is C14H12ClF2NS. The van der Waals surface area contributed by atoms with Gasteiger partial charge in [-0.1, -0.05) is 23.7 Å². The molecule has 2 aromatic rings. The Morgan fingerprint density at radius 3 is 2.58 bits per heavy atom. The first-order valence-corrected chi connectivity index (χ1v) is 7.01. The number of thioether (sulfide) groups is 1. The Morgan fingerprint density at radius 2 is 1.89 bits per heavy atom. The van der Waals surface area contributed by atoms with Gasteiger partial charge in [-0.05, 0) is 35.4 Å². The molecule has 2 aromatic carbocycles. The molecule has 0 bridgehead atoms. The molecular weight excluding hydrogens is 288 g/mol. The lowest BCUT2D eigenvalue weighted by Gasteiger charge is -2.07. The molecule has 0 atom stereocenters. The highest BCUT2D eigenvalue weighted by molar-refractivity contribution is 7.98. The van der Waals surface area contributed by atoms with Gasteiger partial charge in [0.1, 0.15) is 11.6 Å². The van der Waals surface area contributed by atoms with Gasteiger partial charge in [-0.3, -0.25) is 0 Å². The van der Waals surface area contributed by atoms with Gasteiger partial charge in [0.15, 0.2) is 0 Å². The van der Waals surface area contributed by atoms with Crippen molar-refractivity contribution in [2.45, 2.75) is 17.2 Å². The van der Waals surface area contributed by atoms with E-state index in [0.29, 0.717) is 17.3 Å². The average Bonchev–Trinajstić information content (AvgIpc) is 2.40. The van der Waals surface area contributed by atoms with Crippen LogP contribution in [0.2, 0.25) is 5.02 Å². The summed E-state index contributed by atoms with van der Waals surface area (Å²) >= 11 is 7.32. The van der Waals surface area contributed by atoms with Gasteiger partial charge in [0.05, 0.1) is 0 Å². The van der Waals surface area contributed by atoms with Crippen LogP contribution < -0.4 is 5.73 Å². The second kappa shape index (κ2) is 6.37. The Labute approximate surface area is 119 Å². The number of rotatable bonds is 4. The second-order valence-electron chi connectivity index (χ2n) is 3.99. The fourth-order valence-corrected chi connectivity index (χ4v) is 2.89. The molecule has 5 heteroatoms. The molecule has 2 N–H and O–H groups in total. The zero-order valence-corrected chi connectivity index (χ0v) is 11.6. The minimum absolute atomic E-state index is 0.277. The van der Waals surface area contributed by atoms with Crippen LogP contribution in [-0.2, 0) is 12.3 Å². The second-order valence-corrected chi connectivity index (χ2v) is 5.42. The number of halogens is 3. The lowest BCUT2D eigenvalue weighted by atomic mass is 10.1. The summed E-state index contributed by atoms with van der Waals surface area (Å²) in [5.74, 6) is -0.404. The molecule has 0 aliphatic rings. The zero-order chi connectivity index (χ0) is 13.8. The third-order valence-corrected chi connectivity index (χ3v) is 4.06. The molecule has 1 nitrogen and oxygen atoms in total. The minimum Gasteiger partial charge on any atom is -0.326 e. The van der Waals surface area contributed by atoms with Crippen molar-refractivity contribution in [3.05, 3.63) is 64.2 Å². The normalized spacial score (nSPS) is 10.7. The Balaban J connectivity index is 2.12. The third-order valence-electron chi connectivity index (χ3n) is 2.63. The van der Waals surface area contributed by atoms with Crippen molar-refractivity contribution in [2.75, 3.05) is 0 Å². The van der Waals surface area contributed by atoms with E-state index in [1.807, 2.05) is 12.1 Å². The third kappa shape index (κ3) is 3.69. The Morgan fingerprint density at radius 1 is 1.11 bits per heavy atom. The van der Waals surface area contributed by atoms with E-state index in [0.717, 1.165) is 23.3 Å². The molecule has 0 saturated carbocycles. The predicted molar refractivity (Wildman–Crippen MR) is 75.3 cm³/mol. The molecule has 0 heterocycles. The minimum atomic E-state index is -0.450. The van der Waals surface area contributed by atoms with Crippen LogP contribution in [0.5, 0.6) is 0 Å². The fourth-order valence-electron chi connectivity index (χ4n) is 1.58. The number of benzene rings is 2. The van der Waals surface area contributed by atoms with Gasteiger partial charge < -0.3 is 5.73 Å². The maximum atomic E-state index is 13.5. The van der Waals surface area contributed by atoms with Crippen LogP contribution in [0.4, 0.5) is 8.78 Å². The van der Waals surface area contributed by atoms with Gasteiger partial charge in [-0.15, -0.1) is 11.8 Å². The highest BCUT2D eigenvalue weighted by Crippen LogP contribution is 2.29. The molecule has 0 radical (unpaired) electrons. The SMILES string of the molecule is NCc1ccc(CSc2cc(F)ccc2F)c(Cl)c1. The van der Waals surface area contributed by atoms with Gasteiger partial charge in [0.2, 0.25) is 0 Å². The van der Waals surface area contributed by atoms with Crippen molar-refractivity contribution < 1.29 is 8.78 Å². The van der Waals surface area contributed by atoms with Crippen LogP contribution in [0, 0.1) is 11.6 Å². The van der Waals surface area contributed by atoms with Gasteiger partial charge >= 0.3 is 0 Å². The van der Waals surface area contributed by atoms with E-state index < -0.39 is 11.6 Å². The van der Waals surface area contributed by atoms with Crippen LogP contribution in [0.1, 0.15) is 11.1 Å². The van der Waals surface area contributed by atoms with Crippen molar-refractivity contribution in [1.82, 2.24) is 0 Å². The molecule has 0 spiro atoms. The van der Waals surface area contributed by atoms with Crippen LogP contribution in [0.25, 0.3) is 0 Å². The summed E-state index contributed by atoms with van der Waals surface area (Å²) in [4.78, 5) is 0.277. The molecule has 100 valence electrons. The van der Waals surface area contributed by atoms with Crippen molar-refractivity contribution in [3.8, 4) is 0 Å². The van der Waals surface area contributed by atoms with Gasteiger partial charge in [0.25, 0.3) is 0 Å². The number of hydrogen-bond donors (Lipinski definition) is 1. The zero-order valence-electron chi connectivity index (χ0n) is 10.00. The van der Waals surface area contributed by atoms with Gasteiger partial charge in [0, 0.05) is 22.2 Å². The van der Waals surface area contributed by atoms with Crippen LogP contribution >= 0.6 is 23.4 Å². The molecule has 2 rings (SSSR count). The first kappa shape index (κ1) is 14.3. The Kier molecular flexibility index (Phi) is 4.80. The van der Waals surface area contributed by atoms with Crippen LogP contribution in [0.3, 0.4) is 0 Å². The summed E-state index contributed by atoms with van der Waals surface area (Å²) in [7, 11) is 0. The van der Waals surface area contributed by atoms with E-state index in [-0.39, 0.29) is 4.90 Å². The fraction of sp³-hybridized carbons (Fsp3) is 0.143. The van der Waals surface area contributed by atoms with E-state index in [2.05, 4.69) is 0 Å². The average molecular weight is 300 g/mol. The summed E-state index contributed by atoms with van der Waals surface area (Å²) in [5.41, 5.74) is 7.32. The largest absolute Gasteiger partial charge is 0.326 e. The van der Waals surface area contributed by atoms with Crippen molar-refractivity contribution in [2.24, 2.45) is 5.73 Å². The quantitative estimate of drug-likeness (QED) is 0.848. The number of hydrogen-bond acceptors (Lipinski definition) is 2. The molecule has 0 amide bonds. The van der Waals surface area contributed by atoms with E-state index in [9.17, 15) is 8.78 Å². The van der Waals surface area contributed by atoms with E-state index >= 15 is 0 Å². The lowest BCUT2D eigenvalue weighted by molar-refractivity contribution is 0.577. The van der Waals surface area contributed by atoms with E-state index in [1.165, 1.54) is 17.8 Å². The maximum absolute atomic E-state index is 13.5. The van der Waals surface area contributed by atoms with Crippen LogP contribution in [-0.4, -0.2) is 0 Å². The van der Waals surface area contributed by atoms with E-state index in [1.54, 1.807) is 6.07 Å². The monoisotopic (exact) mass is 299 g/mol. The highest BCUT2D eigenvalue weighted by Gasteiger charge is 2.07. The van der Waals surface area contributed by atoms with Gasteiger partial charge in [-0.2, -0.15) is 0 Å². The maximum Gasteiger partial charge on any atom is 0.136 e. The molecule has 0 fully saturated rings. The predicted octanol–water partition coefficient (Wildman–Crippen LogP) is 4.37. The Bertz CT molecular complexity index is 590. The summed E-state index contributed by atoms with van der Waals surface area (Å²) in [6.07, 6.45) is 0. The van der Waals surface area contributed by atoms with Crippen molar-refractivity contribution in [3.63, 3.8) is 0 Å². The highest BCUT2D eigenvalue weighted by atomic mass is 35.5. The molecule has 0 saturated heterocycles. The molecule has 19 heavy (non-hydrogen) atoms. The summed E-state index contributed by atoms with van der Waals surface area (Å²) in [6.45, 7) is 0.422. The van der Waals surface area contributed by atoms with Crippen molar-refractivity contribution in [1.29, 1.82) is 0 Å². The Hall–Kier alpha value is -1.10. The van der Waals surface area contributed by atoms with Crippen molar-refractivity contribution >= 4 is 23.4 Å². The summed E-state index contributed by atoms with van der Waals surface area (Å²) in [6, 6.07) is 8.93. The topological polar surface area (TPSA) is 26.0 Å². The molecule has 0 unspecified atom stereocenters. The molecule has 0 aliphatic heterocycles. The number of nitrogens with two attached hydrogens (primary N) is 1. The van der Waals surface area contributed by atoms with Crippen LogP contribution in [0.15, 0.2) is 41.3 Å². The summed E-state index contributed by atoms with van der Waals surface area (Å²) in [5, 5.41) is 0.590.